The maximum atomic E-state index is 11.2. The first kappa shape index (κ1) is 13.9. The van der Waals surface area contributed by atoms with E-state index in [1.807, 2.05) is 26.8 Å². The summed E-state index contributed by atoms with van der Waals surface area (Å²) in [5.41, 5.74) is 9.24. The molecule has 6 nitrogen and oxygen atoms in total. The lowest BCUT2D eigenvalue weighted by Gasteiger charge is -2.15. The molecular weight excluding hydrogens is 260 g/mol. The molecule has 0 bridgehead atoms. The van der Waals surface area contributed by atoms with Gasteiger partial charge < -0.3 is 20.1 Å². The highest BCUT2D eigenvalue weighted by Gasteiger charge is 2.24. The Bertz CT molecular complexity index is 689. The van der Waals surface area contributed by atoms with Gasteiger partial charge in [-0.2, -0.15) is 0 Å². The van der Waals surface area contributed by atoms with Gasteiger partial charge in [-0.1, -0.05) is 5.16 Å². The Labute approximate surface area is 116 Å². The fourth-order valence-corrected chi connectivity index (χ4v) is 2.34. The number of carboxylic acids is 1. The Balaban J connectivity index is 2.78. The van der Waals surface area contributed by atoms with Gasteiger partial charge in [-0.05, 0) is 49.1 Å². The van der Waals surface area contributed by atoms with E-state index in [-0.39, 0.29) is 11.6 Å². The molecule has 20 heavy (non-hydrogen) atoms. The second kappa shape index (κ2) is 4.88. The van der Waals surface area contributed by atoms with Crippen molar-refractivity contribution in [3.8, 4) is 16.9 Å². The van der Waals surface area contributed by atoms with Crippen LogP contribution in [-0.2, 0) is 0 Å². The molecule has 3 N–H and O–H groups in total. The molecule has 106 valence electrons. The molecule has 0 spiro atoms. The molecule has 0 unspecified atom stereocenters. The molecule has 0 aliphatic heterocycles. The van der Waals surface area contributed by atoms with Gasteiger partial charge >= 0.3 is 5.97 Å². The number of benzene rings is 1. The topological polar surface area (TPSA) is 98.6 Å². The van der Waals surface area contributed by atoms with E-state index < -0.39 is 5.97 Å². The van der Waals surface area contributed by atoms with E-state index in [9.17, 15) is 4.79 Å². The highest BCUT2D eigenvalue weighted by Crippen LogP contribution is 2.38. The maximum absolute atomic E-state index is 11.2. The smallest absolute Gasteiger partial charge is 0.358 e. The van der Waals surface area contributed by atoms with Crippen LogP contribution in [0.1, 0.15) is 27.2 Å². The van der Waals surface area contributed by atoms with Crippen molar-refractivity contribution in [2.24, 2.45) is 0 Å². The molecular formula is C14H16N2O4. The van der Waals surface area contributed by atoms with Crippen molar-refractivity contribution in [2.45, 2.75) is 20.8 Å². The minimum Gasteiger partial charge on any atom is -0.496 e. The number of carboxylic acid groups (broad SMARTS) is 1. The fourth-order valence-electron chi connectivity index (χ4n) is 2.34. The van der Waals surface area contributed by atoms with Gasteiger partial charge in [0.05, 0.1) is 12.7 Å². The summed E-state index contributed by atoms with van der Waals surface area (Å²) in [6.45, 7) is 5.68. The number of aromatic nitrogens is 1. The number of hydrogen-bond donors (Lipinski definition) is 2. The number of nitrogens with two attached hydrogens (primary N) is 1. The van der Waals surface area contributed by atoms with Crippen LogP contribution in [0.25, 0.3) is 11.1 Å². The molecule has 0 amide bonds. The van der Waals surface area contributed by atoms with Crippen LogP contribution in [0, 0.1) is 20.8 Å². The number of anilines is 1. The van der Waals surface area contributed by atoms with Crippen LogP contribution < -0.4 is 10.5 Å². The number of nitrogens with zero attached hydrogens (tertiary/aromatic N) is 1. The lowest BCUT2D eigenvalue weighted by molar-refractivity contribution is 0.0686. The SMILES string of the molecule is COc1c(C)cc(-c2c(C(=O)O)noc2N)c(C)c1C. The van der Waals surface area contributed by atoms with Crippen molar-refractivity contribution in [1.29, 1.82) is 0 Å². The van der Waals surface area contributed by atoms with Gasteiger partial charge in [0.1, 0.15) is 5.75 Å². The van der Waals surface area contributed by atoms with E-state index in [0.29, 0.717) is 11.1 Å². The Hall–Kier alpha value is -2.50. The summed E-state index contributed by atoms with van der Waals surface area (Å²) in [6.07, 6.45) is 0. The van der Waals surface area contributed by atoms with Crippen molar-refractivity contribution >= 4 is 11.9 Å². The minimum absolute atomic E-state index is 0.00512. The van der Waals surface area contributed by atoms with Crippen LogP contribution >= 0.6 is 0 Å². The quantitative estimate of drug-likeness (QED) is 0.893. The standard InChI is InChI=1S/C14H16N2O4/c1-6-5-9(7(2)8(3)12(6)19-4)10-11(14(17)18)16-20-13(10)15/h5H,15H2,1-4H3,(H,17,18). The third-order valence-corrected chi connectivity index (χ3v) is 3.42. The second-order valence-electron chi connectivity index (χ2n) is 4.60. The number of methoxy groups -OCH3 is 1. The van der Waals surface area contributed by atoms with Crippen molar-refractivity contribution in [3.63, 3.8) is 0 Å². The number of carbonyl (C=O) groups is 1. The molecule has 0 aliphatic rings. The van der Waals surface area contributed by atoms with Gasteiger partial charge in [0, 0.05) is 0 Å². The van der Waals surface area contributed by atoms with E-state index in [4.69, 9.17) is 20.1 Å². The average molecular weight is 276 g/mol. The number of hydrogen-bond acceptors (Lipinski definition) is 5. The largest absolute Gasteiger partial charge is 0.496 e. The zero-order valence-electron chi connectivity index (χ0n) is 11.8. The van der Waals surface area contributed by atoms with E-state index in [1.54, 1.807) is 7.11 Å². The summed E-state index contributed by atoms with van der Waals surface area (Å²) in [5.74, 6) is -0.404. The number of aryl methyl sites for hydroxylation is 1. The van der Waals surface area contributed by atoms with Crippen LogP contribution in [0.15, 0.2) is 10.6 Å². The number of ether oxygens (including phenoxy) is 1. The molecule has 0 saturated heterocycles. The highest BCUT2D eigenvalue weighted by atomic mass is 16.5. The fraction of sp³-hybridized carbons (Fsp3) is 0.286. The number of nitrogen functional groups attached to an aromatic ring is 1. The molecule has 0 radical (unpaired) electrons. The zero-order chi connectivity index (χ0) is 15.0. The van der Waals surface area contributed by atoms with Crippen molar-refractivity contribution in [2.75, 3.05) is 12.8 Å². The Morgan fingerprint density at radius 3 is 2.55 bits per heavy atom. The van der Waals surface area contributed by atoms with Gasteiger partial charge in [-0.3, -0.25) is 0 Å². The monoisotopic (exact) mass is 276 g/mol. The van der Waals surface area contributed by atoms with Crippen molar-refractivity contribution < 1.29 is 19.2 Å². The van der Waals surface area contributed by atoms with E-state index >= 15 is 0 Å². The Kier molecular flexibility index (Phi) is 3.40. The van der Waals surface area contributed by atoms with E-state index in [2.05, 4.69) is 5.16 Å². The average Bonchev–Trinajstić information content (AvgIpc) is 2.76. The first-order valence-corrected chi connectivity index (χ1v) is 6.02. The molecule has 2 rings (SSSR count). The van der Waals surface area contributed by atoms with Crippen molar-refractivity contribution in [1.82, 2.24) is 5.16 Å². The molecule has 1 heterocycles. The number of aromatic carboxylic acids is 1. The van der Waals surface area contributed by atoms with Crippen LogP contribution in [0.5, 0.6) is 5.75 Å². The van der Waals surface area contributed by atoms with Gasteiger partial charge in [0.25, 0.3) is 0 Å². The predicted octanol–water partition coefficient (Wildman–Crippen LogP) is 2.56. The summed E-state index contributed by atoms with van der Waals surface area (Å²) >= 11 is 0. The van der Waals surface area contributed by atoms with Crippen molar-refractivity contribution in [3.05, 3.63) is 28.5 Å². The molecule has 2 aromatic rings. The zero-order valence-corrected chi connectivity index (χ0v) is 11.8. The molecule has 0 fully saturated rings. The molecule has 0 aliphatic carbocycles. The first-order chi connectivity index (χ1) is 9.38. The summed E-state index contributed by atoms with van der Waals surface area (Å²) in [4.78, 5) is 11.2. The van der Waals surface area contributed by atoms with Crippen LogP contribution in [0.4, 0.5) is 5.88 Å². The normalized spacial score (nSPS) is 10.6. The van der Waals surface area contributed by atoms with Gasteiger partial charge in [-0.25, -0.2) is 4.79 Å². The maximum Gasteiger partial charge on any atom is 0.358 e. The Morgan fingerprint density at radius 2 is 2.00 bits per heavy atom. The van der Waals surface area contributed by atoms with Gasteiger partial charge in [0.15, 0.2) is 0 Å². The lowest BCUT2D eigenvalue weighted by Crippen LogP contribution is -2.02. The van der Waals surface area contributed by atoms with E-state index in [1.165, 1.54) is 0 Å². The molecule has 6 heteroatoms. The molecule has 1 aromatic heterocycles. The van der Waals surface area contributed by atoms with E-state index in [0.717, 1.165) is 22.4 Å². The number of rotatable bonds is 3. The van der Waals surface area contributed by atoms with Crippen LogP contribution in [0.3, 0.4) is 0 Å². The summed E-state index contributed by atoms with van der Waals surface area (Å²) in [7, 11) is 1.60. The predicted molar refractivity (Wildman–Crippen MR) is 74.1 cm³/mol. The molecule has 0 saturated carbocycles. The third kappa shape index (κ3) is 1.99. The molecule has 0 atom stereocenters. The lowest BCUT2D eigenvalue weighted by atomic mass is 9.93. The summed E-state index contributed by atoms with van der Waals surface area (Å²) in [5, 5.41) is 12.7. The Morgan fingerprint density at radius 1 is 1.35 bits per heavy atom. The van der Waals surface area contributed by atoms with Crippen LogP contribution in [-0.4, -0.2) is 23.3 Å². The molecule has 1 aromatic carbocycles. The first-order valence-electron chi connectivity index (χ1n) is 6.02. The highest BCUT2D eigenvalue weighted by molar-refractivity contribution is 5.97. The van der Waals surface area contributed by atoms with Gasteiger partial charge in [-0.15, -0.1) is 0 Å². The van der Waals surface area contributed by atoms with Crippen LogP contribution in [0.2, 0.25) is 0 Å². The second-order valence-corrected chi connectivity index (χ2v) is 4.60. The summed E-state index contributed by atoms with van der Waals surface area (Å²) < 4.78 is 10.2. The summed E-state index contributed by atoms with van der Waals surface area (Å²) in [6, 6.07) is 1.83. The minimum atomic E-state index is -1.18. The third-order valence-electron chi connectivity index (χ3n) is 3.42. The van der Waals surface area contributed by atoms with Gasteiger partial charge in [0.2, 0.25) is 11.6 Å².